The number of anilines is 1. The lowest BCUT2D eigenvalue weighted by Crippen LogP contribution is -2.21. The highest BCUT2D eigenvalue weighted by molar-refractivity contribution is 7.99. The molecule has 10 heteroatoms. The molecule has 140 valence electrons. The number of halogens is 2. The van der Waals surface area contributed by atoms with Crippen LogP contribution in [0.4, 0.5) is 5.69 Å². The number of rotatable bonds is 5. The minimum atomic E-state index is -3.79. The minimum Gasteiger partial charge on any atom is -0.278 e. The lowest BCUT2D eigenvalue weighted by atomic mass is 10.3. The quantitative estimate of drug-likeness (QED) is 0.603. The summed E-state index contributed by atoms with van der Waals surface area (Å²) >= 11 is 13.0. The summed E-state index contributed by atoms with van der Waals surface area (Å²) < 4.78 is 28.9. The van der Waals surface area contributed by atoms with Gasteiger partial charge in [0.2, 0.25) is 0 Å². The molecule has 0 saturated carbocycles. The fourth-order valence-electron chi connectivity index (χ4n) is 2.30. The van der Waals surface area contributed by atoms with Gasteiger partial charge in [0.05, 0.1) is 27.5 Å². The predicted molar refractivity (Wildman–Crippen MR) is 109 cm³/mol. The molecule has 0 saturated heterocycles. The van der Waals surface area contributed by atoms with Crippen LogP contribution >= 0.6 is 35.0 Å². The molecule has 0 bridgehead atoms. The van der Waals surface area contributed by atoms with Crippen LogP contribution in [-0.4, -0.2) is 24.5 Å². The predicted octanol–water partition coefficient (Wildman–Crippen LogP) is 4.06. The Morgan fingerprint density at radius 3 is 2.41 bits per heavy atom. The van der Waals surface area contributed by atoms with Gasteiger partial charge in [-0.3, -0.25) is 9.52 Å². The first kappa shape index (κ1) is 19.8. The number of hydrogen-bond donors (Lipinski definition) is 1. The summed E-state index contributed by atoms with van der Waals surface area (Å²) in [5.74, 6) is 0. The van der Waals surface area contributed by atoms with Crippen molar-refractivity contribution in [2.45, 2.75) is 9.79 Å². The average Bonchev–Trinajstić information content (AvgIpc) is 2.66. The third-order valence-electron chi connectivity index (χ3n) is 3.62. The molecular weight excluding hydrogens is 429 g/mol. The Morgan fingerprint density at radius 2 is 1.74 bits per heavy atom. The number of benzene rings is 2. The first-order chi connectivity index (χ1) is 12.8. The summed E-state index contributed by atoms with van der Waals surface area (Å²) in [5, 5.41) is 3.81. The molecule has 27 heavy (non-hydrogen) atoms. The van der Waals surface area contributed by atoms with Crippen LogP contribution in [0.2, 0.25) is 10.0 Å². The van der Waals surface area contributed by atoms with Gasteiger partial charge in [0.15, 0.2) is 0 Å². The Balaban J connectivity index is 1.93. The fraction of sp³-hybridized carbons (Fsp3) is 0.0588. The van der Waals surface area contributed by atoms with Crippen LogP contribution in [0.1, 0.15) is 0 Å². The van der Waals surface area contributed by atoms with Crippen LogP contribution in [0, 0.1) is 0 Å². The van der Waals surface area contributed by atoms with Gasteiger partial charge in [-0.1, -0.05) is 35.3 Å². The number of sulfonamides is 1. The van der Waals surface area contributed by atoms with Crippen LogP contribution in [0.25, 0.3) is 5.69 Å². The summed E-state index contributed by atoms with van der Waals surface area (Å²) in [6.45, 7) is 0. The van der Waals surface area contributed by atoms with Crippen molar-refractivity contribution in [2.75, 3.05) is 11.0 Å². The largest absolute Gasteiger partial charge is 0.291 e. The summed E-state index contributed by atoms with van der Waals surface area (Å²) in [6.07, 6.45) is 3.11. The lowest BCUT2D eigenvalue weighted by molar-refractivity contribution is 0.601. The number of thioether (sulfide) groups is 1. The smallest absolute Gasteiger partial charge is 0.278 e. The summed E-state index contributed by atoms with van der Waals surface area (Å²) in [4.78, 5) is 13.0. The van der Waals surface area contributed by atoms with Gasteiger partial charge in [-0.2, -0.15) is 9.78 Å². The maximum Gasteiger partial charge on any atom is 0.291 e. The van der Waals surface area contributed by atoms with Crippen molar-refractivity contribution in [2.24, 2.45) is 0 Å². The van der Waals surface area contributed by atoms with Crippen molar-refractivity contribution >= 4 is 50.7 Å². The minimum absolute atomic E-state index is 0.0498. The molecule has 0 radical (unpaired) electrons. The van der Waals surface area contributed by atoms with Crippen molar-refractivity contribution in [3.05, 3.63) is 75.1 Å². The molecule has 0 aliphatic carbocycles. The van der Waals surface area contributed by atoms with E-state index in [0.717, 1.165) is 9.58 Å². The Hall–Kier alpha value is -2.00. The molecule has 2 aromatic carbocycles. The van der Waals surface area contributed by atoms with Crippen LogP contribution in [0.5, 0.6) is 0 Å². The first-order valence-electron chi connectivity index (χ1n) is 7.53. The topological polar surface area (TPSA) is 81.1 Å². The van der Waals surface area contributed by atoms with Crippen molar-refractivity contribution in [1.82, 2.24) is 9.78 Å². The third-order valence-corrected chi connectivity index (χ3v) is 6.55. The number of hydrogen-bond acceptors (Lipinski definition) is 5. The van der Waals surface area contributed by atoms with Gasteiger partial charge in [-0.15, -0.1) is 11.8 Å². The molecule has 0 unspecified atom stereocenters. The molecule has 0 aliphatic rings. The highest BCUT2D eigenvalue weighted by Gasteiger charge is 2.16. The van der Waals surface area contributed by atoms with Gasteiger partial charge < -0.3 is 0 Å². The monoisotopic (exact) mass is 441 g/mol. The fourth-order valence-corrected chi connectivity index (χ4v) is 4.25. The Kier molecular flexibility index (Phi) is 5.81. The molecule has 3 rings (SSSR count). The average molecular weight is 442 g/mol. The molecule has 0 spiro atoms. The SMILES string of the molecule is CSc1ccccc1NS(=O)(=O)c1ccc(-n2ncc(Cl)c(Cl)c2=O)cc1. The van der Waals surface area contributed by atoms with Crippen LogP contribution in [0.3, 0.4) is 0 Å². The maximum atomic E-state index is 12.6. The van der Waals surface area contributed by atoms with Gasteiger partial charge in [0.1, 0.15) is 5.02 Å². The zero-order valence-electron chi connectivity index (χ0n) is 13.9. The van der Waals surface area contributed by atoms with E-state index in [2.05, 4.69) is 9.82 Å². The van der Waals surface area contributed by atoms with Gasteiger partial charge in [-0.05, 0) is 42.7 Å². The number of nitrogens with zero attached hydrogens (tertiary/aromatic N) is 2. The summed E-state index contributed by atoms with van der Waals surface area (Å²) in [6, 6.07) is 12.8. The van der Waals surface area contributed by atoms with Gasteiger partial charge in [0.25, 0.3) is 15.6 Å². The molecule has 0 aliphatic heterocycles. The second kappa shape index (κ2) is 7.93. The molecule has 0 amide bonds. The van der Waals surface area contributed by atoms with Crippen molar-refractivity contribution < 1.29 is 8.42 Å². The second-order valence-electron chi connectivity index (χ2n) is 5.32. The van der Waals surface area contributed by atoms with E-state index in [1.807, 2.05) is 18.4 Å². The molecule has 1 heterocycles. The zero-order valence-corrected chi connectivity index (χ0v) is 17.0. The van der Waals surface area contributed by atoms with E-state index >= 15 is 0 Å². The van der Waals surface area contributed by atoms with E-state index in [9.17, 15) is 13.2 Å². The maximum absolute atomic E-state index is 12.6. The highest BCUT2D eigenvalue weighted by Crippen LogP contribution is 2.27. The summed E-state index contributed by atoms with van der Waals surface area (Å²) in [5.41, 5.74) is 0.269. The van der Waals surface area contributed by atoms with Gasteiger partial charge in [-0.25, -0.2) is 8.42 Å². The standard InChI is InChI=1S/C17H13Cl2N3O3S2/c1-26-15-5-3-2-4-14(15)21-27(24,25)12-8-6-11(7-9-12)22-17(23)16(19)13(18)10-20-22/h2-10,21H,1H3. The van der Waals surface area contributed by atoms with Crippen molar-refractivity contribution in [1.29, 1.82) is 0 Å². The van der Waals surface area contributed by atoms with Gasteiger partial charge in [0, 0.05) is 4.90 Å². The molecule has 1 aromatic heterocycles. The van der Waals surface area contributed by atoms with Crippen LogP contribution < -0.4 is 10.3 Å². The Morgan fingerprint density at radius 1 is 1.07 bits per heavy atom. The van der Waals surface area contributed by atoms with E-state index in [1.54, 1.807) is 12.1 Å². The van der Waals surface area contributed by atoms with Crippen molar-refractivity contribution in [3.63, 3.8) is 0 Å². The highest BCUT2D eigenvalue weighted by atomic mass is 35.5. The number of para-hydroxylation sites is 1. The summed E-state index contributed by atoms with van der Waals surface area (Å²) in [7, 11) is -3.79. The molecule has 0 atom stereocenters. The zero-order chi connectivity index (χ0) is 19.6. The van der Waals surface area contributed by atoms with E-state index in [-0.39, 0.29) is 14.9 Å². The normalized spacial score (nSPS) is 11.4. The number of aromatic nitrogens is 2. The van der Waals surface area contributed by atoms with E-state index in [0.29, 0.717) is 11.4 Å². The van der Waals surface area contributed by atoms with E-state index < -0.39 is 15.6 Å². The Bertz CT molecular complexity index is 1150. The van der Waals surface area contributed by atoms with Crippen LogP contribution in [-0.2, 0) is 10.0 Å². The molecule has 6 nitrogen and oxygen atoms in total. The first-order valence-corrected chi connectivity index (χ1v) is 11.0. The van der Waals surface area contributed by atoms with E-state index in [4.69, 9.17) is 23.2 Å². The van der Waals surface area contributed by atoms with Crippen molar-refractivity contribution in [3.8, 4) is 5.69 Å². The molecule has 0 fully saturated rings. The third kappa shape index (κ3) is 4.14. The van der Waals surface area contributed by atoms with Crippen LogP contribution in [0.15, 0.2) is 69.3 Å². The molecule has 1 N–H and O–H groups in total. The number of nitrogens with one attached hydrogen (secondary N) is 1. The Labute approximate surface area is 170 Å². The van der Waals surface area contributed by atoms with Gasteiger partial charge >= 0.3 is 0 Å². The second-order valence-corrected chi connectivity index (χ2v) is 8.64. The molecular formula is C17H13Cl2N3O3S2. The van der Waals surface area contributed by atoms with E-state index in [1.165, 1.54) is 42.2 Å². The molecule has 3 aromatic rings. The lowest BCUT2D eigenvalue weighted by Gasteiger charge is -2.12.